The molecule has 0 aromatic heterocycles. The van der Waals surface area contributed by atoms with Gasteiger partial charge >= 0.3 is 12.0 Å². The molecule has 1 unspecified atom stereocenters. The molecule has 18 heavy (non-hydrogen) atoms. The molecule has 106 valence electrons. The third kappa shape index (κ3) is 7.14. The van der Waals surface area contributed by atoms with Gasteiger partial charge in [0, 0.05) is 6.54 Å². The summed E-state index contributed by atoms with van der Waals surface area (Å²) < 4.78 is 0. The van der Waals surface area contributed by atoms with Gasteiger partial charge in [0.25, 0.3) is 0 Å². The molecule has 0 aliphatic rings. The summed E-state index contributed by atoms with van der Waals surface area (Å²) in [6.07, 6.45) is 2.67. The lowest BCUT2D eigenvalue weighted by molar-refractivity contribution is -0.140. The van der Waals surface area contributed by atoms with Crippen molar-refractivity contribution in [2.24, 2.45) is 11.8 Å². The molecular formula is C13H26N2O3. The maximum absolute atomic E-state index is 11.5. The van der Waals surface area contributed by atoms with Gasteiger partial charge in [0.2, 0.25) is 0 Å². The minimum atomic E-state index is -0.985. The standard InChI is InChI=1S/C13H26N2O3/c1-5-10(4)11(12(16)17)15-13(18)14-8-6-7-9(2)3/h9-11H,5-8H2,1-4H3,(H,16,17)(H2,14,15,18)/t10?,11-/m0/s1. The van der Waals surface area contributed by atoms with Gasteiger partial charge in [0.15, 0.2) is 0 Å². The summed E-state index contributed by atoms with van der Waals surface area (Å²) in [5.41, 5.74) is 0. The number of rotatable bonds is 8. The first-order valence-electron chi connectivity index (χ1n) is 6.65. The molecule has 0 rings (SSSR count). The molecule has 0 saturated heterocycles. The van der Waals surface area contributed by atoms with Crippen molar-refractivity contribution in [2.75, 3.05) is 6.54 Å². The van der Waals surface area contributed by atoms with Crippen LogP contribution in [0, 0.1) is 11.8 Å². The van der Waals surface area contributed by atoms with E-state index >= 15 is 0 Å². The Kier molecular flexibility index (Phi) is 8.16. The average Bonchev–Trinajstić information content (AvgIpc) is 2.30. The van der Waals surface area contributed by atoms with Gasteiger partial charge < -0.3 is 15.7 Å². The molecule has 0 aromatic carbocycles. The zero-order valence-electron chi connectivity index (χ0n) is 11.8. The summed E-state index contributed by atoms with van der Waals surface area (Å²) in [5.74, 6) is -0.452. The molecule has 0 radical (unpaired) electrons. The third-order valence-corrected chi connectivity index (χ3v) is 3.01. The van der Waals surface area contributed by atoms with Crippen molar-refractivity contribution in [1.29, 1.82) is 0 Å². The van der Waals surface area contributed by atoms with Gasteiger partial charge in [-0.05, 0) is 24.7 Å². The van der Waals surface area contributed by atoms with Crippen molar-refractivity contribution in [2.45, 2.75) is 53.0 Å². The van der Waals surface area contributed by atoms with Crippen LogP contribution in [0.2, 0.25) is 0 Å². The fraction of sp³-hybridized carbons (Fsp3) is 0.846. The van der Waals surface area contributed by atoms with Crippen LogP contribution in [-0.2, 0) is 4.79 Å². The topological polar surface area (TPSA) is 78.4 Å². The van der Waals surface area contributed by atoms with Crippen LogP contribution in [0.3, 0.4) is 0 Å². The molecule has 3 N–H and O–H groups in total. The second-order valence-electron chi connectivity index (χ2n) is 5.14. The molecule has 5 heteroatoms. The van der Waals surface area contributed by atoms with E-state index in [0.717, 1.165) is 12.8 Å². The van der Waals surface area contributed by atoms with Crippen molar-refractivity contribution in [1.82, 2.24) is 10.6 Å². The van der Waals surface area contributed by atoms with E-state index in [0.29, 0.717) is 18.9 Å². The molecule has 0 spiro atoms. The van der Waals surface area contributed by atoms with Gasteiger partial charge in [-0.25, -0.2) is 9.59 Å². The Bertz CT molecular complexity index is 267. The number of hydrogen-bond acceptors (Lipinski definition) is 2. The number of carbonyl (C=O) groups is 2. The van der Waals surface area contributed by atoms with Crippen molar-refractivity contribution < 1.29 is 14.7 Å². The van der Waals surface area contributed by atoms with Gasteiger partial charge in [-0.2, -0.15) is 0 Å². The molecule has 0 aliphatic heterocycles. The zero-order valence-corrected chi connectivity index (χ0v) is 11.8. The van der Waals surface area contributed by atoms with Gasteiger partial charge in [0.05, 0.1) is 0 Å². The minimum absolute atomic E-state index is 0.0797. The van der Waals surface area contributed by atoms with Gasteiger partial charge in [0.1, 0.15) is 6.04 Å². The third-order valence-electron chi connectivity index (χ3n) is 3.01. The molecule has 0 heterocycles. The summed E-state index contributed by atoms with van der Waals surface area (Å²) >= 11 is 0. The molecule has 0 fully saturated rings. The van der Waals surface area contributed by atoms with E-state index in [4.69, 9.17) is 5.11 Å². The Morgan fingerprint density at radius 1 is 1.22 bits per heavy atom. The summed E-state index contributed by atoms with van der Waals surface area (Å²) in [5, 5.41) is 14.2. The van der Waals surface area contributed by atoms with Crippen LogP contribution in [0.4, 0.5) is 4.79 Å². The number of carboxylic acid groups (broad SMARTS) is 1. The van der Waals surface area contributed by atoms with Crippen LogP contribution in [-0.4, -0.2) is 29.7 Å². The van der Waals surface area contributed by atoms with Crippen LogP contribution < -0.4 is 10.6 Å². The number of urea groups is 1. The van der Waals surface area contributed by atoms with Crippen LogP contribution >= 0.6 is 0 Å². The molecule has 2 amide bonds. The van der Waals surface area contributed by atoms with Gasteiger partial charge in [-0.1, -0.05) is 34.1 Å². The fourth-order valence-corrected chi connectivity index (χ4v) is 1.59. The summed E-state index contributed by atoms with van der Waals surface area (Å²) in [7, 11) is 0. The van der Waals surface area contributed by atoms with E-state index < -0.39 is 18.0 Å². The summed E-state index contributed by atoms with van der Waals surface area (Å²) in [6.45, 7) is 8.56. The molecule has 0 aromatic rings. The molecule has 0 saturated carbocycles. The predicted molar refractivity (Wildman–Crippen MR) is 71.5 cm³/mol. The normalized spacial score (nSPS) is 14.1. The van der Waals surface area contributed by atoms with E-state index in [2.05, 4.69) is 24.5 Å². The number of carbonyl (C=O) groups excluding carboxylic acids is 1. The predicted octanol–water partition coefficient (Wildman–Crippen LogP) is 2.22. The highest BCUT2D eigenvalue weighted by atomic mass is 16.4. The first-order valence-corrected chi connectivity index (χ1v) is 6.65. The van der Waals surface area contributed by atoms with Crippen LogP contribution in [0.25, 0.3) is 0 Å². The second-order valence-corrected chi connectivity index (χ2v) is 5.14. The van der Waals surface area contributed by atoms with E-state index in [1.807, 2.05) is 13.8 Å². The van der Waals surface area contributed by atoms with Crippen molar-refractivity contribution in [3.05, 3.63) is 0 Å². The highest BCUT2D eigenvalue weighted by Crippen LogP contribution is 2.07. The minimum Gasteiger partial charge on any atom is -0.480 e. The maximum Gasteiger partial charge on any atom is 0.326 e. The smallest absolute Gasteiger partial charge is 0.326 e. The second kappa shape index (κ2) is 8.78. The Morgan fingerprint density at radius 3 is 2.28 bits per heavy atom. The number of nitrogens with one attached hydrogen (secondary N) is 2. The molecule has 0 aliphatic carbocycles. The van der Waals surface area contributed by atoms with E-state index in [-0.39, 0.29) is 5.92 Å². The van der Waals surface area contributed by atoms with Gasteiger partial charge in [-0.15, -0.1) is 0 Å². The summed E-state index contributed by atoms with van der Waals surface area (Å²) in [4.78, 5) is 22.5. The fourth-order valence-electron chi connectivity index (χ4n) is 1.59. The maximum atomic E-state index is 11.5. The molecule has 2 atom stereocenters. The van der Waals surface area contributed by atoms with E-state index in [9.17, 15) is 9.59 Å². The number of carboxylic acids is 1. The SMILES string of the molecule is CCC(C)[C@H](NC(=O)NCCCC(C)C)C(=O)O. The lowest BCUT2D eigenvalue weighted by atomic mass is 9.99. The number of aliphatic carboxylic acids is 1. The highest BCUT2D eigenvalue weighted by molar-refractivity contribution is 5.82. The largest absolute Gasteiger partial charge is 0.480 e. The quantitative estimate of drug-likeness (QED) is 0.584. The first kappa shape index (κ1) is 16.7. The zero-order chi connectivity index (χ0) is 14.1. The monoisotopic (exact) mass is 258 g/mol. The van der Waals surface area contributed by atoms with Crippen molar-refractivity contribution >= 4 is 12.0 Å². The lowest BCUT2D eigenvalue weighted by Crippen LogP contribution is -2.49. The Morgan fingerprint density at radius 2 is 1.83 bits per heavy atom. The molecule has 5 nitrogen and oxygen atoms in total. The Balaban J connectivity index is 4.00. The van der Waals surface area contributed by atoms with Crippen LogP contribution in [0.1, 0.15) is 47.0 Å². The average molecular weight is 258 g/mol. The van der Waals surface area contributed by atoms with Gasteiger partial charge in [-0.3, -0.25) is 0 Å². The summed E-state index contributed by atoms with van der Waals surface area (Å²) in [6, 6.07) is -1.22. The first-order chi connectivity index (χ1) is 8.38. The molecular weight excluding hydrogens is 232 g/mol. The number of hydrogen-bond donors (Lipinski definition) is 3. The number of amides is 2. The van der Waals surface area contributed by atoms with Crippen molar-refractivity contribution in [3.8, 4) is 0 Å². The Labute approximate surface area is 109 Å². The van der Waals surface area contributed by atoms with E-state index in [1.54, 1.807) is 0 Å². The van der Waals surface area contributed by atoms with E-state index in [1.165, 1.54) is 0 Å². The molecule has 0 bridgehead atoms. The highest BCUT2D eigenvalue weighted by Gasteiger charge is 2.24. The lowest BCUT2D eigenvalue weighted by Gasteiger charge is -2.20. The Hall–Kier alpha value is -1.26. The van der Waals surface area contributed by atoms with Crippen LogP contribution in [0.5, 0.6) is 0 Å². The van der Waals surface area contributed by atoms with Crippen molar-refractivity contribution in [3.63, 3.8) is 0 Å². The van der Waals surface area contributed by atoms with Crippen LogP contribution in [0.15, 0.2) is 0 Å².